The first kappa shape index (κ1) is 16.3. The molecule has 3 aliphatic rings. The number of urea groups is 1. The molecular formula is C20H20N2O5. The zero-order chi connectivity index (χ0) is 18.5. The Labute approximate surface area is 156 Å². The lowest BCUT2D eigenvalue weighted by Gasteiger charge is -2.44. The number of ether oxygens (including phenoxy) is 3. The van der Waals surface area contributed by atoms with Gasteiger partial charge in [-0.05, 0) is 43.7 Å². The van der Waals surface area contributed by atoms with Gasteiger partial charge in [-0.3, -0.25) is 9.74 Å². The summed E-state index contributed by atoms with van der Waals surface area (Å²) in [7, 11) is 0. The van der Waals surface area contributed by atoms with E-state index in [-0.39, 0.29) is 18.9 Å². The third-order valence-corrected chi connectivity index (χ3v) is 5.01. The monoisotopic (exact) mass is 368 g/mol. The van der Waals surface area contributed by atoms with Crippen molar-refractivity contribution in [2.24, 2.45) is 0 Å². The standard InChI is InChI=1S/C20H20N2O5/c1-12(2)21-14-4-3-5-16-18(14)19(22(20(21)23)27-9-8-24-16)13-6-7-15-17(10-13)26-11-25-15/h3-7,10,12,19H,8-9,11H2,1-2H3. The molecule has 2 aromatic rings. The predicted octanol–water partition coefficient (Wildman–Crippen LogP) is 3.48. The van der Waals surface area contributed by atoms with Crippen molar-refractivity contribution < 1.29 is 23.8 Å². The van der Waals surface area contributed by atoms with Crippen LogP contribution in [0.1, 0.15) is 31.0 Å². The summed E-state index contributed by atoms with van der Waals surface area (Å²) in [6.45, 7) is 4.85. The topological polar surface area (TPSA) is 60.5 Å². The van der Waals surface area contributed by atoms with Gasteiger partial charge >= 0.3 is 6.03 Å². The largest absolute Gasteiger partial charge is 0.491 e. The Balaban J connectivity index is 1.74. The average molecular weight is 368 g/mol. The molecule has 0 saturated heterocycles. The summed E-state index contributed by atoms with van der Waals surface area (Å²) in [5.41, 5.74) is 2.65. The number of hydrogen-bond acceptors (Lipinski definition) is 5. The van der Waals surface area contributed by atoms with E-state index < -0.39 is 6.04 Å². The number of nitrogens with zero attached hydrogens (tertiary/aromatic N) is 2. The summed E-state index contributed by atoms with van der Waals surface area (Å²) in [6.07, 6.45) is 0. The molecule has 0 fully saturated rings. The summed E-state index contributed by atoms with van der Waals surface area (Å²) >= 11 is 0. The van der Waals surface area contributed by atoms with Gasteiger partial charge in [0.25, 0.3) is 0 Å². The number of carbonyl (C=O) groups is 1. The lowest BCUT2D eigenvalue weighted by atomic mass is 9.92. The fourth-order valence-electron chi connectivity index (χ4n) is 3.88. The van der Waals surface area contributed by atoms with Gasteiger partial charge in [-0.1, -0.05) is 12.1 Å². The highest BCUT2D eigenvalue weighted by atomic mass is 16.7. The number of hydrogen-bond donors (Lipinski definition) is 0. The zero-order valence-electron chi connectivity index (χ0n) is 15.2. The first-order chi connectivity index (χ1) is 13.1. The van der Waals surface area contributed by atoms with Crippen molar-refractivity contribution in [1.82, 2.24) is 5.06 Å². The van der Waals surface area contributed by atoms with Crippen LogP contribution < -0.4 is 19.1 Å². The Morgan fingerprint density at radius 2 is 1.85 bits per heavy atom. The van der Waals surface area contributed by atoms with E-state index >= 15 is 0 Å². The fourth-order valence-corrected chi connectivity index (χ4v) is 3.88. The molecule has 7 nitrogen and oxygen atoms in total. The molecule has 27 heavy (non-hydrogen) atoms. The van der Waals surface area contributed by atoms with Crippen molar-refractivity contribution in [3.8, 4) is 17.2 Å². The second-order valence-corrected chi connectivity index (χ2v) is 6.96. The SMILES string of the molecule is CC(C)N1C(=O)N2OCCOc3cccc1c3C2c1ccc2c(c1)OCO2. The second-order valence-electron chi connectivity index (χ2n) is 6.96. The third-order valence-electron chi connectivity index (χ3n) is 5.01. The zero-order valence-corrected chi connectivity index (χ0v) is 15.2. The van der Waals surface area contributed by atoms with Crippen LogP contribution in [0.3, 0.4) is 0 Å². The molecule has 2 bridgehead atoms. The molecule has 0 aromatic heterocycles. The van der Waals surface area contributed by atoms with Crippen LogP contribution in [0.5, 0.6) is 17.2 Å². The molecule has 2 aromatic carbocycles. The molecule has 0 N–H and O–H groups in total. The first-order valence-electron chi connectivity index (χ1n) is 9.06. The quantitative estimate of drug-likeness (QED) is 0.812. The number of hydroxylamine groups is 2. The van der Waals surface area contributed by atoms with Crippen LogP contribution in [0, 0.1) is 0 Å². The summed E-state index contributed by atoms with van der Waals surface area (Å²) in [5.74, 6) is 2.14. The highest BCUT2D eigenvalue weighted by Gasteiger charge is 2.43. The second kappa shape index (κ2) is 6.06. The van der Waals surface area contributed by atoms with E-state index in [0.717, 1.165) is 22.6 Å². The molecule has 2 amide bonds. The number of fused-ring (bicyclic) bond motifs is 2. The Bertz CT molecular complexity index is 913. The van der Waals surface area contributed by atoms with Crippen LogP contribution in [0.2, 0.25) is 0 Å². The maximum absolute atomic E-state index is 13.3. The molecule has 140 valence electrons. The van der Waals surface area contributed by atoms with Gasteiger partial charge in [-0.2, -0.15) is 5.06 Å². The van der Waals surface area contributed by atoms with Crippen molar-refractivity contribution in [3.63, 3.8) is 0 Å². The van der Waals surface area contributed by atoms with Crippen LogP contribution in [-0.2, 0) is 4.84 Å². The van der Waals surface area contributed by atoms with Gasteiger partial charge in [-0.15, -0.1) is 0 Å². The maximum Gasteiger partial charge on any atom is 0.349 e. The molecule has 0 radical (unpaired) electrons. The van der Waals surface area contributed by atoms with E-state index in [1.165, 1.54) is 5.06 Å². The average Bonchev–Trinajstić information content (AvgIpc) is 3.10. The number of amides is 2. The number of benzene rings is 2. The third kappa shape index (κ3) is 2.42. The van der Waals surface area contributed by atoms with Gasteiger partial charge < -0.3 is 14.2 Å². The van der Waals surface area contributed by atoms with Crippen LogP contribution in [0.25, 0.3) is 0 Å². The molecule has 0 spiro atoms. The van der Waals surface area contributed by atoms with Crippen molar-refractivity contribution in [1.29, 1.82) is 0 Å². The van der Waals surface area contributed by atoms with E-state index in [4.69, 9.17) is 19.0 Å². The van der Waals surface area contributed by atoms with Crippen molar-refractivity contribution >= 4 is 11.7 Å². The van der Waals surface area contributed by atoms with Crippen molar-refractivity contribution in [2.75, 3.05) is 24.9 Å². The summed E-state index contributed by atoms with van der Waals surface area (Å²) < 4.78 is 16.9. The Morgan fingerprint density at radius 3 is 2.70 bits per heavy atom. The van der Waals surface area contributed by atoms with Gasteiger partial charge in [-0.25, -0.2) is 4.79 Å². The molecular weight excluding hydrogens is 348 g/mol. The molecule has 7 heteroatoms. The Morgan fingerprint density at radius 1 is 1.00 bits per heavy atom. The highest BCUT2D eigenvalue weighted by Crippen LogP contribution is 2.48. The normalized spacial score (nSPS) is 20.4. The minimum atomic E-state index is -0.423. The van der Waals surface area contributed by atoms with Crippen molar-refractivity contribution in [3.05, 3.63) is 47.5 Å². The van der Waals surface area contributed by atoms with Crippen LogP contribution in [0.15, 0.2) is 36.4 Å². The number of anilines is 1. The predicted molar refractivity (Wildman–Crippen MR) is 97.1 cm³/mol. The lowest BCUT2D eigenvalue weighted by Crippen LogP contribution is -2.53. The van der Waals surface area contributed by atoms with E-state index in [0.29, 0.717) is 24.7 Å². The first-order valence-corrected chi connectivity index (χ1v) is 9.06. The summed E-state index contributed by atoms with van der Waals surface area (Å²) in [4.78, 5) is 20.9. The Hall–Kier alpha value is -2.93. The molecule has 0 saturated carbocycles. The minimum Gasteiger partial charge on any atom is -0.491 e. The molecule has 3 heterocycles. The van der Waals surface area contributed by atoms with Crippen LogP contribution >= 0.6 is 0 Å². The van der Waals surface area contributed by atoms with E-state index in [1.807, 2.05) is 50.2 Å². The molecule has 1 unspecified atom stereocenters. The van der Waals surface area contributed by atoms with Gasteiger partial charge in [0, 0.05) is 11.6 Å². The number of rotatable bonds is 2. The molecule has 0 aliphatic carbocycles. The molecule has 5 rings (SSSR count). The van der Waals surface area contributed by atoms with Gasteiger partial charge in [0.2, 0.25) is 6.79 Å². The van der Waals surface area contributed by atoms with E-state index in [1.54, 1.807) is 4.90 Å². The van der Waals surface area contributed by atoms with Gasteiger partial charge in [0.15, 0.2) is 11.5 Å². The smallest absolute Gasteiger partial charge is 0.349 e. The molecule has 1 atom stereocenters. The lowest BCUT2D eigenvalue weighted by molar-refractivity contribution is -0.148. The maximum atomic E-state index is 13.3. The molecule has 3 aliphatic heterocycles. The van der Waals surface area contributed by atoms with E-state index in [2.05, 4.69) is 0 Å². The van der Waals surface area contributed by atoms with Gasteiger partial charge in [0.1, 0.15) is 25.0 Å². The number of carbonyl (C=O) groups excluding carboxylic acids is 1. The highest BCUT2D eigenvalue weighted by molar-refractivity contribution is 5.96. The summed E-state index contributed by atoms with van der Waals surface area (Å²) in [6, 6.07) is 10.9. The van der Waals surface area contributed by atoms with E-state index in [9.17, 15) is 4.79 Å². The Kier molecular flexibility index (Phi) is 3.65. The summed E-state index contributed by atoms with van der Waals surface area (Å²) in [5, 5.41) is 1.46. The van der Waals surface area contributed by atoms with Gasteiger partial charge in [0.05, 0.1) is 5.69 Å². The minimum absolute atomic E-state index is 0.0188. The van der Waals surface area contributed by atoms with Crippen molar-refractivity contribution in [2.45, 2.75) is 25.9 Å². The van der Waals surface area contributed by atoms with Crippen LogP contribution in [-0.4, -0.2) is 37.1 Å². The van der Waals surface area contributed by atoms with Crippen LogP contribution in [0.4, 0.5) is 10.5 Å². The fraction of sp³-hybridized carbons (Fsp3) is 0.350.